The Morgan fingerprint density at radius 3 is 3.25 bits per heavy atom. The van der Waals surface area contributed by atoms with Crippen molar-refractivity contribution in [3.05, 3.63) is 40.5 Å². The second kappa shape index (κ2) is 2.86. The summed E-state index contributed by atoms with van der Waals surface area (Å²) in [5.74, 6) is 0. The van der Waals surface area contributed by atoms with Crippen molar-refractivity contribution < 1.29 is 4.42 Å². The summed E-state index contributed by atoms with van der Waals surface area (Å²) in [4.78, 5) is 1.42. The van der Waals surface area contributed by atoms with Crippen molar-refractivity contribution in [2.24, 2.45) is 0 Å². The van der Waals surface area contributed by atoms with Crippen LogP contribution in [0.5, 0.6) is 0 Å². The molecule has 3 nitrogen and oxygen atoms in total. The van der Waals surface area contributed by atoms with Crippen LogP contribution < -0.4 is 0 Å². The zero-order chi connectivity index (χ0) is 10.5. The Hall–Kier alpha value is -1.81. The van der Waals surface area contributed by atoms with E-state index in [1.165, 1.54) is 21.7 Å². The molecule has 0 saturated carbocycles. The van der Waals surface area contributed by atoms with E-state index < -0.39 is 0 Å². The van der Waals surface area contributed by atoms with Crippen LogP contribution >= 0.6 is 11.3 Å². The van der Waals surface area contributed by atoms with Gasteiger partial charge in [0.25, 0.3) is 0 Å². The van der Waals surface area contributed by atoms with Gasteiger partial charge < -0.3 is 4.42 Å². The number of thiophene rings is 1. The number of nitrogens with one attached hydrogen (secondary N) is 1. The van der Waals surface area contributed by atoms with E-state index in [2.05, 4.69) is 21.6 Å². The first-order valence-corrected chi connectivity index (χ1v) is 5.98. The van der Waals surface area contributed by atoms with Crippen LogP contribution in [0.4, 0.5) is 0 Å². The summed E-state index contributed by atoms with van der Waals surface area (Å²) in [6, 6.07) is 4.10. The number of aromatic nitrogens is 2. The monoisotopic (exact) mass is 228 g/mol. The second-order valence-electron chi connectivity index (χ2n) is 3.87. The minimum atomic E-state index is 0.985. The zero-order valence-electron chi connectivity index (χ0n) is 8.36. The molecule has 0 atom stereocenters. The standard InChI is InChI=1S/C12H8N2OS/c1-3-15-6-7(1)11-9-5-10-8(2-4-16-10)12(9)14-13-11/h1-4,6H,5H2,(H,13,14). The summed E-state index contributed by atoms with van der Waals surface area (Å²) in [5.41, 5.74) is 5.85. The van der Waals surface area contributed by atoms with E-state index in [9.17, 15) is 0 Å². The van der Waals surface area contributed by atoms with Crippen molar-refractivity contribution in [3.63, 3.8) is 0 Å². The van der Waals surface area contributed by atoms with E-state index in [-0.39, 0.29) is 0 Å². The maximum atomic E-state index is 5.11. The molecule has 3 aromatic heterocycles. The van der Waals surface area contributed by atoms with Crippen LogP contribution in [0.2, 0.25) is 0 Å². The summed E-state index contributed by atoms with van der Waals surface area (Å²) >= 11 is 1.81. The van der Waals surface area contributed by atoms with Gasteiger partial charge in [-0.15, -0.1) is 11.3 Å². The number of H-pyrrole nitrogens is 1. The number of furan rings is 1. The molecule has 0 fully saturated rings. The van der Waals surface area contributed by atoms with Crippen LogP contribution in [0.1, 0.15) is 10.4 Å². The highest BCUT2D eigenvalue weighted by Gasteiger charge is 2.26. The molecule has 0 aromatic carbocycles. The van der Waals surface area contributed by atoms with Gasteiger partial charge in [0, 0.05) is 28.0 Å². The van der Waals surface area contributed by atoms with E-state index in [0.29, 0.717) is 0 Å². The smallest absolute Gasteiger partial charge is 0.0997 e. The number of hydrogen-bond acceptors (Lipinski definition) is 3. The second-order valence-corrected chi connectivity index (χ2v) is 4.87. The van der Waals surface area contributed by atoms with Gasteiger partial charge >= 0.3 is 0 Å². The lowest BCUT2D eigenvalue weighted by Crippen LogP contribution is -1.82. The van der Waals surface area contributed by atoms with Crippen molar-refractivity contribution >= 4 is 11.3 Å². The predicted molar refractivity (Wildman–Crippen MR) is 62.4 cm³/mol. The molecule has 0 bridgehead atoms. The van der Waals surface area contributed by atoms with Gasteiger partial charge in [-0.3, -0.25) is 5.10 Å². The van der Waals surface area contributed by atoms with Crippen LogP contribution in [0.15, 0.2) is 34.5 Å². The maximum absolute atomic E-state index is 5.11. The van der Waals surface area contributed by atoms with Crippen molar-refractivity contribution in [2.75, 3.05) is 0 Å². The summed E-state index contributed by atoms with van der Waals surface area (Å²) in [6.07, 6.45) is 4.41. The topological polar surface area (TPSA) is 41.8 Å². The van der Waals surface area contributed by atoms with Gasteiger partial charge in [-0.2, -0.15) is 5.10 Å². The average molecular weight is 228 g/mol. The Bertz CT molecular complexity index is 648. The van der Waals surface area contributed by atoms with Gasteiger partial charge in [0.1, 0.15) is 0 Å². The fourth-order valence-corrected chi connectivity index (χ4v) is 3.15. The maximum Gasteiger partial charge on any atom is 0.0997 e. The Kier molecular flexibility index (Phi) is 1.49. The van der Waals surface area contributed by atoms with Crippen LogP contribution in [0.3, 0.4) is 0 Å². The van der Waals surface area contributed by atoms with Gasteiger partial charge in [-0.25, -0.2) is 0 Å². The molecule has 78 valence electrons. The first-order chi connectivity index (χ1) is 7.93. The lowest BCUT2D eigenvalue weighted by Gasteiger charge is -1.93. The number of hydrogen-bond donors (Lipinski definition) is 1. The van der Waals surface area contributed by atoms with E-state index in [4.69, 9.17) is 4.42 Å². The Morgan fingerprint density at radius 2 is 2.38 bits per heavy atom. The Morgan fingerprint density at radius 1 is 1.38 bits per heavy atom. The third kappa shape index (κ3) is 0.945. The van der Waals surface area contributed by atoms with Gasteiger partial charge in [0.15, 0.2) is 0 Å². The molecule has 0 radical (unpaired) electrons. The molecule has 0 spiro atoms. The molecule has 0 aliphatic heterocycles. The van der Waals surface area contributed by atoms with Crippen molar-refractivity contribution in [2.45, 2.75) is 6.42 Å². The molecule has 1 N–H and O–H groups in total. The molecule has 4 rings (SSSR count). The minimum absolute atomic E-state index is 0.985. The highest BCUT2D eigenvalue weighted by atomic mass is 32.1. The third-order valence-electron chi connectivity index (χ3n) is 3.01. The van der Waals surface area contributed by atoms with Crippen LogP contribution in [-0.4, -0.2) is 10.2 Å². The first kappa shape index (κ1) is 8.35. The number of nitrogens with zero attached hydrogens (tertiary/aromatic N) is 1. The molecule has 0 amide bonds. The van der Waals surface area contributed by atoms with Gasteiger partial charge in [-0.1, -0.05) is 0 Å². The summed E-state index contributed by atoms with van der Waals surface area (Å²) in [6.45, 7) is 0. The SMILES string of the molecule is c1cc(-c2n[nH]c3c2Cc2sccc2-3)co1. The van der Waals surface area contributed by atoms with Gasteiger partial charge in [-0.05, 0) is 17.5 Å². The zero-order valence-corrected chi connectivity index (χ0v) is 9.17. The largest absolute Gasteiger partial charge is 0.472 e. The average Bonchev–Trinajstić information content (AvgIpc) is 2.98. The summed E-state index contributed by atoms with van der Waals surface area (Å²) < 4.78 is 5.11. The highest BCUT2D eigenvalue weighted by molar-refractivity contribution is 7.10. The number of rotatable bonds is 1. The molecule has 0 unspecified atom stereocenters. The molecule has 0 saturated heterocycles. The highest BCUT2D eigenvalue weighted by Crippen LogP contribution is 2.42. The molecule has 16 heavy (non-hydrogen) atoms. The summed E-state index contributed by atoms with van der Waals surface area (Å²) in [7, 11) is 0. The number of fused-ring (bicyclic) bond motifs is 3. The van der Waals surface area contributed by atoms with Crippen molar-refractivity contribution in [1.82, 2.24) is 10.2 Å². The Balaban J connectivity index is 1.94. The van der Waals surface area contributed by atoms with Crippen molar-refractivity contribution in [3.8, 4) is 22.5 Å². The van der Waals surface area contributed by atoms with Gasteiger partial charge in [0.2, 0.25) is 0 Å². The lowest BCUT2D eigenvalue weighted by molar-refractivity contribution is 0.568. The molecular weight excluding hydrogens is 220 g/mol. The Labute approximate surface area is 95.7 Å². The molecule has 3 aromatic rings. The fraction of sp³-hybridized carbons (Fsp3) is 0.0833. The van der Waals surface area contributed by atoms with E-state index >= 15 is 0 Å². The summed E-state index contributed by atoms with van der Waals surface area (Å²) in [5, 5.41) is 9.64. The van der Waals surface area contributed by atoms with Crippen molar-refractivity contribution in [1.29, 1.82) is 0 Å². The lowest BCUT2D eigenvalue weighted by atomic mass is 10.1. The van der Waals surface area contributed by atoms with Crippen LogP contribution in [-0.2, 0) is 6.42 Å². The third-order valence-corrected chi connectivity index (χ3v) is 3.93. The normalized spacial score (nSPS) is 12.8. The molecule has 4 heteroatoms. The van der Waals surface area contributed by atoms with Crippen LogP contribution in [0.25, 0.3) is 22.5 Å². The van der Waals surface area contributed by atoms with Crippen LogP contribution in [0, 0.1) is 0 Å². The molecular formula is C12H8N2OS. The molecule has 3 heterocycles. The number of aromatic amines is 1. The van der Waals surface area contributed by atoms with Gasteiger partial charge in [0.05, 0.1) is 23.9 Å². The quantitative estimate of drug-likeness (QED) is 0.543. The van der Waals surface area contributed by atoms with E-state index in [1.54, 1.807) is 12.5 Å². The fourth-order valence-electron chi connectivity index (χ4n) is 2.26. The predicted octanol–water partition coefficient (Wildman–Crippen LogP) is 3.30. The molecule has 1 aliphatic rings. The first-order valence-electron chi connectivity index (χ1n) is 5.10. The van der Waals surface area contributed by atoms with E-state index in [1.807, 2.05) is 17.4 Å². The molecule has 1 aliphatic carbocycles. The van der Waals surface area contributed by atoms with E-state index in [0.717, 1.165) is 17.7 Å². The minimum Gasteiger partial charge on any atom is -0.472 e.